The van der Waals surface area contributed by atoms with Crippen LogP contribution in [0.15, 0.2) is 60.7 Å². The van der Waals surface area contributed by atoms with Crippen molar-refractivity contribution in [2.75, 3.05) is 0 Å². The molecule has 3 N–H and O–H groups in total. The van der Waals surface area contributed by atoms with E-state index in [1.54, 1.807) is 0 Å². The molecule has 3 heteroatoms. The summed E-state index contributed by atoms with van der Waals surface area (Å²) in [6, 6.07) is 21.9. The minimum Gasteiger partial charge on any atom is -0.388 e. The van der Waals surface area contributed by atoms with E-state index in [9.17, 15) is 0 Å². The van der Waals surface area contributed by atoms with E-state index >= 15 is 0 Å². The summed E-state index contributed by atoms with van der Waals surface area (Å²) >= 11 is 0. The molecular weight excluding hydrogens is 436 g/mol. The van der Waals surface area contributed by atoms with Gasteiger partial charge < -0.3 is 5.73 Å². The number of nitrogens with one attached hydrogen (secondary N) is 1. The molecule has 0 saturated carbocycles. The molecule has 4 rings (SSSR count). The summed E-state index contributed by atoms with van der Waals surface area (Å²) in [6.45, 7) is 1.53. The maximum absolute atomic E-state index is 6.28. The van der Waals surface area contributed by atoms with E-state index in [2.05, 4.69) is 60.7 Å². The van der Waals surface area contributed by atoms with Gasteiger partial charge in [0, 0.05) is 20.1 Å². The Balaban J connectivity index is 0.000000292. The number of nitrogens with two attached hydrogens (primary N) is 1. The smallest absolute Gasteiger partial charge is 0.0873 e. The quantitative estimate of drug-likeness (QED) is 0.230. The van der Waals surface area contributed by atoms with E-state index in [1.807, 2.05) is 0 Å². The zero-order valence-corrected chi connectivity index (χ0v) is 14.1. The van der Waals surface area contributed by atoms with Crippen LogP contribution in [0.25, 0.3) is 32.3 Å². The minimum absolute atomic E-state index is 0. The van der Waals surface area contributed by atoms with Crippen molar-refractivity contribution >= 4 is 38.2 Å². The molecule has 1 radical (unpaired) electrons. The molecule has 4 aromatic rings. The predicted molar refractivity (Wildman–Crippen MR) is 87.7 cm³/mol. The largest absolute Gasteiger partial charge is 0.388 e. The van der Waals surface area contributed by atoms with Crippen molar-refractivity contribution in [2.24, 2.45) is 5.73 Å². The first-order chi connectivity index (χ1) is 9.66. The Morgan fingerprint density at radius 3 is 1.19 bits per heavy atom. The Labute approximate surface area is 137 Å². The molecule has 0 heterocycles. The summed E-state index contributed by atoms with van der Waals surface area (Å²) < 4.78 is 0. The van der Waals surface area contributed by atoms with Crippen LogP contribution >= 0.6 is 0 Å². The van der Waals surface area contributed by atoms with Crippen molar-refractivity contribution in [3.05, 3.63) is 60.7 Å². The molecule has 0 aliphatic heterocycles. The van der Waals surface area contributed by atoms with Crippen LogP contribution in [0.5, 0.6) is 0 Å². The van der Waals surface area contributed by atoms with Gasteiger partial charge in [0.05, 0.1) is 5.84 Å². The first kappa shape index (κ1) is 15.4. The third-order valence-electron chi connectivity index (χ3n) is 3.39. The second-order valence-corrected chi connectivity index (χ2v) is 4.97. The molecule has 0 spiro atoms. The van der Waals surface area contributed by atoms with Crippen LogP contribution in [0.3, 0.4) is 0 Å². The van der Waals surface area contributed by atoms with Gasteiger partial charge >= 0.3 is 0 Å². The standard InChI is InChI=1S/C16H10.C2H6N2.Ir/c1-3-11-7-9-13-5-2-6-14-10-8-12(4-1)15(11)16(13)14;1-2(3)4;/h1-10H;1H3,(H3,3,4);. The number of hydrogen-bond donors (Lipinski definition) is 2. The van der Waals surface area contributed by atoms with Crippen LogP contribution in [0.2, 0.25) is 0 Å². The van der Waals surface area contributed by atoms with E-state index in [0.717, 1.165) is 0 Å². The van der Waals surface area contributed by atoms with Crippen molar-refractivity contribution in [3.63, 3.8) is 0 Å². The molecule has 0 bridgehead atoms. The molecule has 0 fully saturated rings. The Hall–Kier alpha value is -1.96. The Kier molecular flexibility index (Phi) is 4.56. The Bertz CT molecular complexity index is 765. The van der Waals surface area contributed by atoms with Crippen LogP contribution in [0.1, 0.15) is 6.92 Å². The summed E-state index contributed by atoms with van der Waals surface area (Å²) in [4.78, 5) is 0. The number of hydrogen-bond acceptors (Lipinski definition) is 1. The van der Waals surface area contributed by atoms with E-state index in [0.29, 0.717) is 0 Å². The molecule has 0 unspecified atom stereocenters. The number of benzene rings is 4. The van der Waals surface area contributed by atoms with E-state index in [4.69, 9.17) is 11.1 Å². The second-order valence-electron chi connectivity index (χ2n) is 4.97. The zero-order chi connectivity index (χ0) is 14.1. The zero-order valence-electron chi connectivity index (χ0n) is 11.7. The van der Waals surface area contributed by atoms with Crippen LogP contribution in [0, 0.1) is 5.41 Å². The van der Waals surface area contributed by atoms with E-state index < -0.39 is 0 Å². The fourth-order valence-corrected chi connectivity index (χ4v) is 2.67. The molecule has 0 aliphatic rings. The summed E-state index contributed by atoms with van der Waals surface area (Å²) in [5.41, 5.74) is 4.69. The van der Waals surface area contributed by atoms with Gasteiger partial charge in [-0.15, -0.1) is 0 Å². The second kappa shape index (κ2) is 6.21. The molecule has 0 saturated heterocycles. The fraction of sp³-hybridized carbons (Fsp3) is 0.0556. The van der Waals surface area contributed by atoms with Gasteiger partial charge in [-0.25, -0.2) is 0 Å². The maximum atomic E-state index is 6.28. The van der Waals surface area contributed by atoms with Crippen LogP contribution in [-0.4, -0.2) is 5.84 Å². The summed E-state index contributed by atoms with van der Waals surface area (Å²) in [6.07, 6.45) is 0. The van der Waals surface area contributed by atoms with Crippen molar-refractivity contribution in [1.82, 2.24) is 0 Å². The Morgan fingerprint density at radius 2 is 0.952 bits per heavy atom. The SMILES string of the molecule is CC(=N)N.[Ir].c1cc2ccc3cccc4ccc(c1)c2c34. The molecule has 0 amide bonds. The third-order valence-corrected chi connectivity index (χ3v) is 3.39. The molecule has 107 valence electrons. The monoisotopic (exact) mass is 453 g/mol. The van der Waals surface area contributed by atoms with Gasteiger partial charge in [0.2, 0.25) is 0 Å². The van der Waals surface area contributed by atoms with E-state index in [-0.39, 0.29) is 25.9 Å². The normalized spacial score (nSPS) is 10.1. The summed E-state index contributed by atoms with van der Waals surface area (Å²) in [5, 5.41) is 14.4. The van der Waals surface area contributed by atoms with Gasteiger partial charge in [0.15, 0.2) is 0 Å². The molecule has 0 atom stereocenters. The molecule has 0 aromatic heterocycles. The van der Waals surface area contributed by atoms with Crippen LogP contribution in [0.4, 0.5) is 0 Å². The van der Waals surface area contributed by atoms with Crippen molar-refractivity contribution < 1.29 is 20.1 Å². The van der Waals surface area contributed by atoms with Crippen LogP contribution in [-0.2, 0) is 20.1 Å². The Morgan fingerprint density at radius 1 is 0.714 bits per heavy atom. The summed E-state index contributed by atoms with van der Waals surface area (Å²) in [7, 11) is 0. The third kappa shape index (κ3) is 2.89. The topological polar surface area (TPSA) is 49.9 Å². The van der Waals surface area contributed by atoms with Crippen molar-refractivity contribution in [3.8, 4) is 0 Å². The predicted octanol–water partition coefficient (Wildman–Crippen LogP) is 4.52. The molecular formula is C18H16IrN2. The number of rotatable bonds is 0. The van der Waals surface area contributed by atoms with Gasteiger partial charge in [-0.3, -0.25) is 5.41 Å². The van der Waals surface area contributed by atoms with Gasteiger partial charge in [0.1, 0.15) is 0 Å². The van der Waals surface area contributed by atoms with Crippen molar-refractivity contribution in [2.45, 2.75) is 6.92 Å². The van der Waals surface area contributed by atoms with E-state index in [1.165, 1.54) is 39.2 Å². The van der Waals surface area contributed by atoms with Crippen molar-refractivity contribution in [1.29, 1.82) is 5.41 Å². The number of amidine groups is 1. The first-order valence-electron chi connectivity index (χ1n) is 6.60. The fourth-order valence-electron chi connectivity index (χ4n) is 2.67. The molecule has 21 heavy (non-hydrogen) atoms. The average Bonchev–Trinajstić information content (AvgIpc) is 2.44. The average molecular weight is 453 g/mol. The molecule has 4 aromatic carbocycles. The molecule has 0 aliphatic carbocycles. The van der Waals surface area contributed by atoms with Gasteiger partial charge in [-0.05, 0) is 39.2 Å². The van der Waals surface area contributed by atoms with Gasteiger partial charge in [0.25, 0.3) is 0 Å². The van der Waals surface area contributed by atoms with Gasteiger partial charge in [-0.2, -0.15) is 0 Å². The summed E-state index contributed by atoms with van der Waals surface area (Å²) in [5.74, 6) is 0.167. The van der Waals surface area contributed by atoms with Gasteiger partial charge in [-0.1, -0.05) is 60.7 Å². The maximum Gasteiger partial charge on any atom is 0.0873 e. The minimum atomic E-state index is 0. The molecule has 2 nitrogen and oxygen atoms in total. The van der Waals surface area contributed by atoms with Crippen LogP contribution < -0.4 is 5.73 Å². The first-order valence-corrected chi connectivity index (χ1v) is 6.60.